The molecule has 1 fully saturated rings. The van der Waals surface area contributed by atoms with Crippen molar-refractivity contribution < 1.29 is 4.42 Å². The van der Waals surface area contributed by atoms with E-state index in [4.69, 9.17) is 10.2 Å². The van der Waals surface area contributed by atoms with Gasteiger partial charge in [-0.1, -0.05) is 0 Å². The van der Waals surface area contributed by atoms with Crippen molar-refractivity contribution in [1.82, 2.24) is 4.90 Å². The van der Waals surface area contributed by atoms with Crippen molar-refractivity contribution in [3.8, 4) is 0 Å². The first-order valence-corrected chi connectivity index (χ1v) is 5.74. The van der Waals surface area contributed by atoms with Crippen LogP contribution in [0.3, 0.4) is 0 Å². The molecule has 2 atom stereocenters. The lowest BCUT2D eigenvalue weighted by atomic mass is 9.92. The Kier molecular flexibility index (Phi) is 3.44. The minimum atomic E-state index is 0.317. The highest BCUT2D eigenvalue weighted by Crippen LogP contribution is 2.20. The quantitative estimate of drug-likeness (QED) is 0.824. The first-order valence-electron chi connectivity index (χ1n) is 5.74. The molecule has 2 N–H and O–H groups in total. The van der Waals surface area contributed by atoms with E-state index in [0.717, 1.165) is 13.1 Å². The van der Waals surface area contributed by atoms with E-state index in [2.05, 4.69) is 11.8 Å². The van der Waals surface area contributed by atoms with Gasteiger partial charge in [0.2, 0.25) is 0 Å². The zero-order valence-electron chi connectivity index (χ0n) is 9.36. The van der Waals surface area contributed by atoms with Crippen molar-refractivity contribution in [2.45, 2.75) is 32.4 Å². The molecule has 1 aliphatic heterocycles. The minimum Gasteiger partial charge on any atom is -0.472 e. The van der Waals surface area contributed by atoms with Gasteiger partial charge >= 0.3 is 0 Å². The van der Waals surface area contributed by atoms with Gasteiger partial charge in [0.05, 0.1) is 12.5 Å². The molecule has 0 bridgehead atoms. The molecule has 2 heterocycles. The second-order valence-electron chi connectivity index (χ2n) is 4.63. The Bertz CT molecular complexity index is 282. The maximum absolute atomic E-state index is 5.96. The largest absolute Gasteiger partial charge is 0.472 e. The van der Waals surface area contributed by atoms with Crippen molar-refractivity contribution in [2.75, 3.05) is 13.1 Å². The predicted molar refractivity (Wildman–Crippen MR) is 60.4 cm³/mol. The van der Waals surface area contributed by atoms with Crippen LogP contribution >= 0.6 is 0 Å². The molecule has 1 aliphatic rings. The summed E-state index contributed by atoms with van der Waals surface area (Å²) in [7, 11) is 0. The Morgan fingerprint density at radius 2 is 2.53 bits per heavy atom. The van der Waals surface area contributed by atoms with Crippen molar-refractivity contribution >= 4 is 0 Å². The number of rotatable bonds is 3. The van der Waals surface area contributed by atoms with Gasteiger partial charge in [-0.3, -0.25) is 4.90 Å². The summed E-state index contributed by atoms with van der Waals surface area (Å²) in [4.78, 5) is 2.47. The van der Waals surface area contributed by atoms with Crippen LogP contribution < -0.4 is 5.73 Å². The van der Waals surface area contributed by atoms with E-state index in [1.165, 1.54) is 24.9 Å². The molecule has 0 aromatic carbocycles. The van der Waals surface area contributed by atoms with Gasteiger partial charge in [-0.2, -0.15) is 0 Å². The fourth-order valence-electron chi connectivity index (χ4n) is 2.30. The van der Waals surface area contributed by atoms with Gasteiger partial charge in [-0.05, 0) is 38.3 Å². The predicted octanol–water partition coefficient (Wildman–Crippen LogP) is 1.84. The van der Waals surface area contributed by atoms with Crippen LogP contribution in [0, 0.1) is 5.92 Å². The average Bonchev–Trinajstić information content (AvgIpc) is 2.71. The van der Waals surface area contributed by atoms with Gasteiger partial charge in [0, 0.05) is 24.7 Å². The third kappa shape index (κ3) is 2.83. The van der Waals surface area contributed by atoms with Gasteiger partial charge in [0.25, 0.3) is 0 Å². The standard InChI is InChI=1S/C12H20N2O/c1-10(13)12-3-2-5-14(8-12)7-11-4-6-15-9-11/h4,6,9-10,12H,2-3,5,7-8,13H2,1H3. The van der Waals surface area contributed by atoms with E-state index in [1.807, 2.05) is 12.3 Å². The minimum absolute atomic E-state index is 0.317. The summed E-state index contributed by atoms with van der Waals surface area (Å²) in [5.41, 5.74) is 7.22. The van der Waals surface area contributed by atoms with Crippen LogP contribution in [0.2, 0.25) is 0 Å². The lowest BCUT2D eigenvalue weighted by Crippen LogP contribution is -2.41. The summed E-state index contributed by atoms with van der Waals surface area (Å²) >= 11 is 0. The molecule has 0 radical (unpaired) electrons. The first-order chi connectivity index (χ1) is 7.25. The molecule has 0 aliphatic carbocycles. The van der Waals surface area contributed by atoms with Gasteiger partial charge < -0.3 is 10.2 Å². The summed E-state index contributed by atoms with van der Waals surface area (Å²) in [5, 5.41) is 0. The Labute approximate surface area is 91.2 Å². The highest BCUT2D eigenvalue weighted by atomic mass is 16.3. The zero-order valence-corrected chi connectivity index (χ0v) is 9.36. The van der Waals surface area contributed by atoms with Crippen LogP contribution in [-0.4, -0.2) is 24.0 Å². The van der Waals surface area contributed by atoms with Crippen LogP contribution in [-0.2, 0) is 6.54 Å². The van der Waals surface area contributed by atoms with Crippen LogP contribution in [0.25, 0.3) is 0 Å². The molecule has 1 saturated heterocycles. The highest BCUT2D eigenvalue weighted by molar-refractivity contribution is 5.05. The maximum Gasteiger partial charge on any atom is 0.0947 e. The number of piperidine rings is 1. The molecule has 3 heteroatoms. The molecular formula is C12H20N2O. The number of likely N-dealkylation sites (tertiary alicyclic amines) is 1. The second kappa shape index (κ2) is 4.81. The van der Waals surface area contributed by atoms with Crippen LogP contribution in [0.5, 0.6) is 0 Å². The third-order valence-corrected chi connectivity index (χ3v) is 3.27. The fraction of sp³-hybridized carbons (Fsp3) is 0.667. The number of furan rings is 1. The topological polar surface area (TPSA) is 42.4 Å². The highest BCUT2D eigenvalue weighted by Gasteiger charge is 2.22. The Hall–Kier alpha value is -0.800. The van der Waals surface area contributed by atoms with Gasteiger partial charge in [-0.15, -0.1) is 0 Å². The average molecular weight is 208 g/mol. The summed E-state index contributed by atoms with van der Waals surface area (Å²) in [6.07, 6.45) is 6.11. The third-order valence-electron chi connectivity index (χ3n) is 3.27. The summed E-state index contributed by atoms with van der Waals surface area (Å²) in [6, 6.07) is 2.35. The second-order valence-corrected chi connectivity index (χ2v) is 4.63. The fourth-order valence-corrected chi connectivity index (χ4v) is 2.30. The zero-order chi connectivity index (χ0) is 10.7. The molecule has 2 unspecified atom stereocenters. The lowest BCUT2D eigenvalue weighted by molar-refractivity contribution is 0.154. The first kappa shape index (κ1) is 10.7. The number of hydrogen-bond acceptors (Lipinski definition) is 3. The SMILES string of the molecule is CC(N)C1CCCN(Cc2ccoc2)C1. The molecule has 15 heavy (non-hydrogen) atoms. The van der Waals surface area contributed by atoms with E-state index in [1.54, 1.807) is 6.26 Å². The Morgan fingerprint density at radius 1 is 1.67 bits per heavy atom. The molecular weight excluding hydrogens is 188 g/mol. The molecule has 2 rings (SSSR count). The van der Waals surface area contributed by atoms with E-state index >= 15 is 0 Å². The number of hydrogen-bond donors (Lipinski definition) is 1. The van der Waals surface area contributed by atoms with Gasteiger partial charge in [-0.25, -0.2) is 0 Å². The van der Waals surface area contributed by atoms with Crippen molar-refractivity contribution in [1.29, 1.82) is 0 Å². The molecule has 1 aromatic rings. The molecule has 3 nitrogen and oxygen atoms in total. The Morgan fingerprint density at radius 3 is 3.20 bits per heavy atom. The van der Waals surface area contributed by atoms with Crippen LogP contribution in [0.1, 0.15) is 25.3 Å². The number of nitrogens with two attached hydrogens (primary N) is 1. The lowest BCUT2D eigenvalue weighted by Gasteiger charge is -2.34. The van der Waals surface area contributed by atoms with E-state index < -0.39 is 0 Å². The van der Waals surface area contributed by atoms with Crippen molar-refractivity contribution in [3.05, 3.63) is 24.2 Å². The summed E-state index contributed by atoms with van der Waals surface area (Å²) in [5.74, 6) is 0.658. The summed E-state index contributed by atoms with van der Waals surface area (Å²) in [6.45, 7) is 5.43. The van der Waals surface area contributed by atoms with Gasteiger partial charge in [0.15, 0.2) is 0 Å². The van der Waals surface area contributed by atoms with Crippen molar-refractivity contribution in [2.24, 2.45) is 11.7 Å². The van der Waals surface area contributed by atoms with Crippen LogP contribution in [0.15, 0.2) is 23.0 Å². The van der Waals surface area contributed by atoms with Gasteiger partial charge in [0.1, 0.15) is 0 Å². The van der Waals surface area contributed by atoms with E-state index in [9.17, 15) is 0 Å². The van der Waals surface area contributed by atoms with E-state index in [0.29, 0.717) is 12.0 Å². The van der Waals surface area contributed by atoms with Crippen molar-refractivity contribution in [3.63, 3.8) is 0 Å². The molecule has 0 saturated carbocycles. The number of nitrogens with zero attached hydrogens (tertiary/aromatic N) is 1. The Balaban J connectivity index is 1.88. The summed E-state index contributed by atoms with van der Waals surface area (Å²) < 4.78 is 5.08. The molecule has 0 spiro atoms. The molecule has 1 aromatic heterocycles. The molecule has 84 valence electrons. The monoisotopic (exact) mass is 208 g/mol. The van der Waals surface area contributed by atoms with E-state index in [-0.39, 0.29) is 0 Å². The smallest absolute Gasteiger partial charge is 0.0947 e. The normalized spacial score (nSPS) is 25.3. The molecule has 0 amide bonds. The maximum atomic E-state index is 5.96. The van der Waals surface area contributed by atoms with Crippen LogP contribution in [0.4, 0.5) is 0 Å².